The van der Waals surface area contributed by atoms with Crippen LogP contribution in [0.2, 0.25) is 0 Å². The zero-order chi connectivity index (χ0) is 104. The molecule has 20 atom stereocenters. The molecule has 4 aromatic carbocycles. The number of benzene rings is 4. The van der Waals surface area contributed by atoms with Crippen molar-refractivity contribution in [2.75, 3.05) is 26.4 Å². The fourth-order valence-corrected chi connectivity index (χ4v) is 17.0. The first-order valence-electron chi connectivity index (χ1n) is 45.1. The molecule has 4 saturated heterocycles. The fraction of sp³-hybridized carbons (Fsp3) is 0.400. The molecule has 13 rings (SSSR count). The van der Waals surface area contributed by atoms with E-state index in [0.29, 0.717) is 88.7 Å². The maximum absolute atomic E-state index is 13.0. The third kappa shape index (κ3) is 26.6. The van der Waals surface area contributed by atoms with Gasteiger partial charge in [-0.3, -0.25) is 76.7 Å². The number of carbonyl (C=O) groups excluding carboxylic acids is 16. The summed E-state index contributed by atoms with van der Waals surface area (Å²) in [4.78, 5) is 219. The van der Waals surface area contributed by atoms with Gasteiger partial charge in [-0.1, -0.05) is 48.5 Å². The van der Waals surface area contributed by atoms with Crippen LogP contribution in [0.3, 0.4) is 0 Å². The normalized spacial score (nSPS) is 24.2. The summed E-state index contributed by atoms with van der Waals surface area (Å²) in [6.45, 7) is 15.3. The molecule has 0 amide bonds. The van der Waals surface area contributed by atoms with Gasteiger partial charge < -0.3 is 134 Å². The molecule has 9 heterocycles. The molecule has 8 bridgehead atoms. The van der Waals surface area contributed by atoms with E-state index in [0.717, 1.165) is 111 Å². The number of H-pyrrole nitrogens is 4. The lowest BCUT2D eigenvalue weighted by Crippen LogP contribution is -2.63. The van der Waals surface area contributed by atoms with Crippen LogP contribution >= 0.6 is 0 Å². The molecule has 4 fully saturated rings. The largest absolute Gasteiger partial charge is 0.463 e. The highest BCUT2D eigenvalue weighted by molar-refractivity contribution is 5.86. The average Bonchev–Trinajstić information content (AvgIpc) is 1.69. The van der Waals surface area contributed by atoms with Gasteiger partial charge in [0.15, 0.2) is 48.8 Å². The molecule has 0 aliphatic carbocycles. The second-order valence-electron chi connectivity index (χ2n) is 33.5. The molecule has 0 saturated carbocycles. The summed E-state index contributed by atoms with van der Waals surface area (Å²) in [5.41, 5.74) is 5.64. The molecule has 44 heteroatoms. The van der Waals surface area contributed by atoms with Gasteiger partial charge in [0.2, 0.25) is 49.6 Å². The predicted molar refractivity (Wildman–Crippen MR) is 484 cm³/mol. The van der Waals surface area contributed by atoms with E-state index < -0.39 is 245 Å². The molecule has 8 aromatic rings. The van der Waals surface area contributed by atoms with Crippen molar-refractivity contribution in [2.45, 2.75) is 234 Å². The zero-order valence-corrected chi connectivity index (χ0v) is 80.6. The lowest BCUT2D eigenvalue weighted by Gasteiger charge is -2.43. The highest BCUT2D eigenvalue weighted by Crippen LogP contribution is 2.40. The molecule has 4 aromatic heterocycles. The van der Waals surface area contributed by atoms with Crippen molar-refractivity contribution in [1.82, 2.24) is 19.9 Å². The molecule has 0 unspecified atom stereocenters. The van der Waals surface area contributed by atoms with E-state index in [1.165, 1.54) is 0 Å². The molecule has 0 radical (unpaired) electrons. The summed E-state index contributed by atoms with van der Waals surface area (Å²) < 4.78 is 141. The van der Waals surface area contributed by atoms with Crippen molar-refractivity contribution in [3.63, 3.8) is 0 Å². The molecule has 764 valence electrons. The van der Waals surface area contributed by atoms with Crippen LogP contribution < -0.4 is 40.3 Å². The minimum atomic E-state index is -1.65. The summed E-state index contributed by atoms with van der Waals surface area (Å²) in [5, 5.41) is 1.77. The average molecular weight is 2000 g/mol. The van der Waals surface area contributed by atoms with Crippen LogP contribution in [0.4, 0.5) is 0 Å². The Kier molecular flexibility index (Phi) is 34.1. The Bertz CT molecular complexity index is 5670. The van der Waals surface area contributed by atoms with E-state index in [4.69, 9.17) is 114 Å². The van der Waals surface area contributed by atoms with Gasteiger partial charge in [-0.25, -0.2) is 0 Å². The van der Waals surface area contributed by atoms with E-state index in [1.54, 1.807) is 97.1 Å². The number of fused-ring (bicyclic) bond motifs is 8. The molecule has 5 aliphatic rings. The van der Waals surface area contributed by atoms with Gasteiger partial charge in [-0.2, -0.15) is 0 Å². The first-order chi connectivity index (χ1) is 68.5. The number of nitrogens with one attached hydrogen (secondary N) is 4. The molecule has 144 heavy (non-hydrogen) atoms. The molecule has 44 nitrogen and oxygen atoms in total. The monoisotopic (exact) mass is 2000 g/mol. The number of aromatic nitrogens is 4. The second kappa shape index (κ2) is 46.6. The number of hydrogen-bond donors (Lipinski definition) is 4. The first-order valence-corrected chi connectivity index (χ1v) is 45.1. The van der Waals surface area contributed by atoms with Gasteiger partial charge in [0.05, 0.1) is 0 Å². The number of hydrogen-bond acceptors (Lipinski definition) is 40. The Morgan fingerprint density at radius 2 is 0.354 bits per heavy atom. The summed E-state index contributed by atoms with van der Waals surface area (Å²) in [5.74, 6) is -13.2. The van der Waals surface area contributed by atoms with E-state index in [2.05, 4.69) is 19.9 Å². The highest BCUT2D eigenvalue weighted by Gasteiger charge is 2.58. The van der Waals surface area contributed by atoms with Gasteiger partial charge in [0.1, 0.15) is 73.8 Å². The Hall–Kier alpha value is -16.0. The Morgan fingerprint density at radius 1 is 0.194 bits per heavy atom. The van der Waals surface area contributed by atoms with Crippen LogP contribution in [0, 0.1) is 0 Å². The van der Waals surface area contributed by atoms with Crippen LogP contribution in [-0.4, -0.2) is 265 Å². The fourth-order valence-electron chi connectivity index (χ4n) is 17.0. The third-order valence-electron chi connectivity index (χ3n) is 22.3. The predicted octanol–water partition coefficient (Wildman–Crippen LogP) is 4.15. The van der Waals surface area contributed by atoms with E-state index in [1.807, 2.05) is 48.5 Å². The molecule has 5 aliphatic heterocycles. The topological polar surface area (TPSA) is 558 Å². The van der Waals surface area contributed by atoms with Crippen molar-refractivity contribution >= 4 is 118 Å². The first kappa shape index (κ1) is 105. The minimum Gasteiger partial charge on any atom is -0.463 e. The van der Waals surface area contributed by atoms with Crippen molar-refractivity contribution in [1.29, 1.82) is 0 Å². The summed E-state index contributed by atoms with van der Waals surface area (Å²) in [6.07, 6.45) is -31.0. The van der Waals surface area contributed by atoms with Gasteiger partial charge >= 0.3 is 95.5 Å². The third-order valence-corrected chi connectivity index (χ3v) is 22.3. The quantitative estimate of drug-likeness (QED) is 0.0340. The number of esters is 16. The van der Waals surface area contributed by atoms with Crippen molar-refractivity contribution < 1.29 is 190 Å². The summed E-state index contributed by atoms with van der Waals surface area (Å²) in [6, 6.07) is 40.5. The number of aromatic amines is 4. The van der Waals surface area contributed by atoms with Crippen LogP contribution in [0.25, 0.3) is 22.3 Å². The molecule has 4 N–H and O–H groups in total. The van der Waals surface area contributed by atoms with Crippen LogP contribution in [0.5, 0.6) is 23.0 Å². The number of rotatable bonds is 32. The van der Waals surface area contributed by atoms with E-state index >= 15 is 0 Å². The minimum absolute atomic E-state index is 0.0657. The van der Waals surface area contributed by atoms with E-state index in [9.17, 15) is 76.7 Å². The summed E-state index contributed by atoms with van der Waals surface area (Å²) >= 11 is 0. The molecular formula is C100H104N4O40. The smallest absolute Gasteiger partial charge is 0.303 e. The highest BCUT2D eigenvalue weighted by atomic mass is 16.8. The van der Waals surface area contributed by atoms with Gasteiger partial charge in [-0.05, 0) is 119 Å². The molecule has 0 spiro atoms. The van der Waals surface area contributed by atoms with Crippen molar-refractivity contribution in [2.24, 2.45) is 0 Å². The van der Waals surface area contributed by atoms with Gasteiger partial charge in [0.25, 0.3) is 0 Å². The maximum Gasteiger partial charge on any atom is 0.303 e. The molecular weight excluding hydrogens is 1900 g/mol. The summed E-state index contributed by atoms with van der Waals surface area (Å²) in [7, 11) is 0. The van der Waals surface area contributed by atoms with E-state index in [-0.39, 0.29) is 23.0 Å². The Balaban J connectivity index is 1.01. The maximum atomic E-state index is 13.0. The SMILES string of the molecule is CC(=O)OC[C@H]1O[C@@H](Oc2ccc(C3=c4ccc([nH]4)=C(c4ccc(O[C@@H]5O[C@H](COC(C)=O)[C@H](OC(C)=O)[C@H](OC(C)=O)[C@H]5OC(C)=O)cc4)c4ccc([nH]4)C(c4ccc(O[C@@H]5O[C@H](COC(C)=O)[C@H](OC(C)=O)[C@H](OC(C)=O)[C@H]5OC(C)=O)cc4)=c4ccc([nH]4)=C(c4ccc(O[C@@H]5O[C@H](COC(C)=O)[C@H](OC(C)=O)[C@H](OC(C)=O)[C@H]5OC(C)=O)cc4)c4ccc3[nH]4)cc2)[C@H](OC(C)=O)[C@@H](OC(C)=O)[C@H]1OC(C)=O. The van der Waals surface area contributed by atoms with Gasteiger partial charge in [-0.15, -0.1) is 0 Å². The lowest BCUT2D eigenvalue weighted by atomic mass is 9.98. The van der Waals surface area contributed by atoms with Crippen LogP contribution in [0.15, 0.2) is 146 Å². The Morgan fingerprint density at radius 3 is 0.514 bits per heavy atom. The number of carbonyl (C=O) groups is 16. The standard InChI is InChI=1S/C100H104N4O40/c1-45(105)121-41-77-85(125-49(5)109)89(129-53(9)113)93(133-57(13)117)97(141-77)137-65-25-17-61(18-26-65)81-69-33-35-71(101-69)82(62-19-27-66(28-20-62)138-98-94(134-58(14)118)90(130-54(10)114)86(126-50(6)110)78(142-98)42-122-46(2)106)73-37-39-75(103-73)84(64-23-31-68(32-24-64)140-100-96(136-60(16)120)92(132-56(12)116)88(128-52(8)112)80(144-100)44-124-48(4)108)76-40-38-74(104-76)83(72-36-34-70(81)102-72)63-21-29-67(30-22-63)139-99-95(135-59(15)119)91(131-55(11)115)87(127-51(7)111)79(143-99)43-123-47(3)107/h17-40,77-80,85-104H,41-44H2,1-16H3/t77-,78-,79-,80-,85+,86+,87+,88+,89+,90+,91+,92+,93-,94-,95-,96-,97-,98-,99-,100-/m1/s1. The lowest BCUT2D eigenvalue weighted by molar-refractivity contribution is -0.288. The second-order valence-corrected chi connectivity index (χ2v) is 33.5. The van der Waals surface area contributed by atoms with Crippen molar-refractivity contribution in [3.8, 4) is 23.0 Å². The zero-order valence-electron chi connectivity index (χ0n) is 80.6. The van der Waals surface area contributed by atoms with Crippen LogP contribution in [0.1, 0.15) is 156 Å². The van der Waals surface area contributed by atoms with Crippen LogP contribution in [-0.2, 0) is 171 Å². The van der Waals surface area contributed by atoms with Gasteiger partial charge in [0, 0.05) is 177 Å². The number of ether oxygens (including phenoxy) is 24. The Labute approximate surface area is 819 Å². The van der Waals surface area contributed by atoms with Crippen molar-refractivity contribution in [3.05, 3.63) is 212 Å².